The fraction of sp³-hybridized carbons (Fsp3) is 0.417. The van der Waals surface area contributed by atoms with Crippen LogP contribution in [0.1, 0.15) is 18.9 Å². The van der Waals surface area contributed by atoms with E-state index >= 15 is 0 Å². The number of allylic oxidation sites excluding steroid dienone is 2. The zero-order valence-corrected chi connectivity index (χ0v) is 18.1. The van der Waals surface area contributed by atoms with E-state index in [4.69, 9.17) is 14.7 Å². The lowest BCUT2D eigenvalue weighted by Crippen LogP contribution is -2.52. The minimum absolute atomic E-state index is 0.164. The van der Waals surface area contributed by atoms with Gasteiger partial charge in [0.1, 0.15) is 11.2 Å². The molecule has 1 N–H and O–H groups in total. The molecule has 4 aliphatic heterocycles. The lowest BCUT2D eigenvalue weighted by Gasteiger charge is -2.39. The topological polar surface area (TPSA) is 49.2 Å². The number of hydrogen-bond donors (Lipinski definition) is 1. The number of ether oxygens (including phenoxy) is 1. The van der Waals surface area contributed by atoms with Gasteiger partial charge in [0.05, 0.1) is 18.6 Å². The van der Waals surface area contributed by atoms with E-state index in [0.717, 1.165) is 31.9 Å². The third-order valence-corrected chi connectivity index (χ3v) is 7.27. The largest absolute Gasteiger partial charge is 0.375 e. The molecule has 4 aliphatic rings. The first kappa shape index (κ1) is 19.8. The predicted molar refractivity (Wildman–Crippen MR) is 125 cm³/mol. The molecule has 1 aromatic carbocycles. The normalized spacial score (nSPS) is 30.2. The summed E-state index contributed by atoms with van der Waals surface area (Å²) in [5.74, 6) is 1.07. The SMILES string of the molecule is CC1=CC23C=C(N4CCNC(COCc5ccccc5)C4)N=CC2=CCC=N[C@@H]3S1. The van der Waals surface area contributed by atoms with Crippen molar-refractivity contribution >= 4 is 24.2 Å². The molecule has 0 saturated carbocycles. The van der Waals surface area contributed by atoms with E-state index < -0.39 is 0 Å². The second-order valence-electron chi connectivity index (χ2n) is 8.24. The zero-order valence-electron chi connectivity index (χ0n) is 17.3. The van der Waals surface area contributed by atoms with Crippen molar-refractivity contribution in [1.29, 1.82) is 0 Å². The number of benzene rings is 1. The van der Waals surface area contributed by atoms with Crippen LogP contribution in [-0.2, 0) is 11.3 Å². The van der Waals surface area contributed by atoms with Crippen LogP contribution in [0.25, 0.3) is 0 Å². The van der Waals surface area contributed by atoms with Crippen LogP contribution >= 0.6 is 11.8 Å². The van der Waals surface area contributed by atoms with Gasteiger partial charge in [-0.25, -0.2) is 4.99 Å². The third kappa shape index (κ3) is 3.92. The van der Waals surface area contributed by atoms with Crippen LogP contribution in [0.3, 0.4) is 0 Å². The molecular formula is C24H28N4OS. The smallest absolute Gasteiger partial charge is 0.125 e. The lowest BCUT2D eigenvalue weighted by molar-refractivity contribution is 0.0784. The van der Waals surface area contributed by atoms with Gasteiger partial charge in [-0.05, 0) is 29.0 Å². The maximum absolute atomic E-state index is 5.99. The van der Waals surface area contributed by atoms with Crippen LogP contribution in [0.4, 0.5) is 0 Å². The Morgan fingerprint density at radius 1 is 1.27 bits per heavy atom. The van der Waals surface area contributed by atoms with E-state index in [1.807, 2.05) is 24.0 Å². The Hall–Kier alpha value is -2.15. The quantitative estimate of drug-likeness (QED) is 0.788. The molecule has 0 bridgehead atoms. The van der Waals surface area contributed by atoms with Gasteiger partial charge in [-0.3, -0.25) is 4.99 Å². The summed E-state index contributed by atoms with van der Waals surface area (Å²) in [7, 11) is 0. The monoisotopic (exact) mass is 420 g/mol. The molecular weight excluding hydrogens is 392 g/mol. The Labute approximate surface area is 182 Å². The van der Waals surface area contributed by atoms with Crippen molar-refractivity contribution in [3.05, 3.63) is 70.4 Å². The van der Waals surface area contributed by atoms with Gasteiger partial charge in [-0.15, -0.1) is 11.8 Å². The molecule has 0 aliphatic carbocycles. The van der Waals surface area contributed by atoms with E-state index in [-0.39, 0.29) is 10.8 Å². The van der Waals surface area contributed by atoms with E-state index in [1.165, 1.54) is 16.0 Å². The standard InChI is InChI=1S/C24H28N4OS/c1-18-12-24-13-22(27-14-20(24)8-5-9-26-23(24)30-18)28-11-10-25-21(15-28)17-29-16-19-6-3-2-4-7-19/h2-4,6-9,12-14,21,23,25H,5,10-11,15-17H2,1H3/t21?,23-,24?/m1/s1. The van der Waals surface area contributed by atoms with Gasteiger partial charge in [-0.2, -0.15) is 0 Å². The fourth-order valence-electron chi connectivity index (χ4n) is 4.57. The summed E-state index contributed by atoms with van der Waals surface area (Å²) >= 11 is 1.86. The Balaban J connectivity index is 1.28. The zero-order chi connectivity index (χ0) is 20.4. The number of thioether (sulfide) groups is 1. The Morgan fingerprint density at radius 3 is 3.07 bits per heavy atom. The molecule has 6 heteroatoms. The van der Waals surface area contributed by atoms with Crippen LogP contribution in [0, 0.1) is 5.41 Å². The molecule has 0 amide bonds. The number of aliphatic imine (C=N–C) groups is 2. The van der Waals surface area contributed by atoms with Crippen LogP contribution < -0.4 is 5.32 Å². The highest BCUT2D eigenvalue weighted by Crippen LogP contribution is 2.53. The minimum atomic E-state index is -0.164. The van der Waals surface area contributed by atoms with Crippen LogP contribution in [0.5, 0.6) is 0 Å². The first-order chi connectivity index (χ1) is 14.7. The highest BCUT2D eigenvalue weighted by molar-refractivity contribution is 8.03. The Kier molecular flexibility index (Phi) is 5.63. The molecule has 3 atom stereocenters. The summed E-state index contributed by atoms with van der Waals surface area (Å²) in [6, 6.07) is 10.6. The molecule has 1 spiro atoms. The maximum Gasteiger partial charge on any atom is 0.125 e. The maximum atomic E-state index is 5.99. The average Bonchev–Trinajstić information content (AvgIpc) is 2.97. The highest BCUT2D eigenvalue weighted by Gasteiger charge is 2.45. The molecule has 1 saturated heterocycles. The third-order valence-electron chi connectivity index (χ3n) is 6.05. The number of nitrogens with one attached hydrogen (secondary N) is 1. The molecule has 5 nitrogen and oxygen atoms in total. The van der Waals surface area contributed by atoms with Crippen molar-refractivity contribution in [2.75, 3.05) is 26.2 Å². The van der Waals surface area contributed by atoms with Crippen molar-refractivity contribution < 1.29 is 4.74 Å². The van der Waals surface area contributed by atoms with Gasteiger partial charge in [0.2, 0.25) is 0 Å². The number of rotatable bonds is 5. The number of nitrogens with zero attached hydrogens (tertiary/aromatic N) is 3. The lowest BCUT2D eigenvalue weighted by atomic mass is 9.78. The van der Waals surface area contributed by atoms with Crippen molar-refractivity contribution in [2.45, 2.75) is 31.4 Å². The van der Waals surface area contributed by atoms with Gasteiger partial charge in [0.15, 0.2) is 0 Å². The van der Waals surface area contributed by atoms with Crippen molar-refractivity contribution in [3.63, 3.8) is 0 Å². The average molecular weight is 421 g/mol. The van der Waals surface area contributed by atoms with Crippen LogP contribution in [-0.4, -0.2) is 55.0 Å². The molecule has 156 valence electrons. The second kappa shape index (κ2) is 8.53. The van der Waals surface area contributed by atoms with Crippen LogP contribution in [0.15, 0.2) is 74.8 Å². The summed E-state index contributed by atoms with van der Waals surface area (Å²) in [5.41, 5.74) is 2.32. The molecule has 30 heavy (non-hydrogen) atoms. The van der Waals surface area contributed by atoms with Gasteiger partial charge in [0, 0.05) is 44.5 Å². The van der Waals surface area contributed by atoms with Gasteiger partial charge >= 0.3 is 0 Å². The molecule has 2 unspecified atom stereocenters. The summed E-state index contributed by atoms with van der Waals surface area (Å²) in [5, 5.41) is 3.78. The van der Waals surface area contributed by atoms with Gasteiger partial charge < -0.3 is 15.0 Å². The van der Waals surface area contributed by atoms with E-state index in [9.17, 15) is 0 Å². The van der Waals surface area contributed by atoms with Gasteiger partial charge in [-0.1, -0.05) is 42.5 Å². The predicted octanol–water partition coefficient (Wildman–Crippen LogP) is 3.77. The Bertz CT molecular complexity index is 936. The molecule has 1 aromatic rings. The minimum Gasteiger partial charge on any atom is -0.375 e. The van der Waals surface area contributed by atoms with Crippen LogP contribution in [0.2, 0.25) is 0 Å². The van der Waals surface area contributed by atoms with E-state index in [1.54, 1.807) is 0 Å². The molecule has 0 radical (unpaired) electrons. The van der Waals surface area contributed by atoms with Crippen molar-refractivity contribution in [1.82, 2.24) is 10.2 Å². The van der Waals surface area contributed by atoms with Gasteiger partial charge in [0.25, 0.3) is 0 Å². The summed E-state index contributed by atoms with van der Waals surface area (Å²) in [4.78, 5) is 13.4. The summed E-state index contributed by atoms with van der Waals surface area (Å²) < 4.78 is 5.99. The van der Waals surface area contributed by atoms with Crippen molar-refractivity contribution in [3.8, 4) is 0 Å². The number of hydrogen-bond acceptors (Lipinski definition) is 6. The Morgan fingerprint density at radius 2 is 2.17 bits per heavy atom. The number of piperazine rings is 1. The van der Waals surface area contributed by atoms with E-state index in [2.05, 4.69) is 65.8 Å². The molecule has 1 fully saturated rings. The highest BCUT2D eigenvalue weighted by atomic mass is 32.2. The van der Waals surface area contributed by atoms with E-state index in [0.29, 0.717) is 19.3 Å². The molecule has 0 aromatic heterocycles. The first-order valence-corrected chi connectivity index (χ1v) is 11.6. The fourth-order valence-corrected chi connectivity index (χ4v) is 5.80. The van der Waals surface area contributed by atoms with Crippen molar-refractivity contribution in [2.24, 2.45) is 15.4 Å². The summed E-state index contributed by atoms with van der Waals surface area (Å²) in [6.45, 7) is 6.32. The summed E-state index contributed by atoms with van der Waals surface area (Å²) in [6.07, 6.45) is 12.0. The molecule has 4 heterocycles. The first-order valence-electron chi connectivity index (χ1n) is 10.7. The second-order valence-corrected chi connectivity index (χ2v) is 9.57. The molecule has 5 rings (SSSR count).